The van der Waals surface area contributed by atoms with Gasteiger partial charge in [-0.15, -0.1) is 6.58 Å². The van der Waals surface area contributed by atoms with Gasteiger partial charge < -0.3 is 5.11 Å². The zero-order valence-corrected chi connectivity index (χ0v) is 8.55. The molecule has 0 aromatic heterocycles. The molecule has 1 N–H and O–H groups in total. The van der Waals surface area contributed by atoms with Crippen LogP contribution in [0.2, 0.25) is 0 Å². The number of rotatable bonds is 3. The van der Waals surface area contributed by atoms with E-state index in [1.165, 1.54) is 12.1 Å². The molecule has 0 saturated heterocycles. The summed E-state index contributed by atoms with van der Waals surface area (Å²) in [5, 5.41) is 10.1. The molecule has 0 aliphatic carbocycles. The van der Waals surface area contributed by atoms with E-state index in [2.05, 4.69) is 6.58 Å². The van der Waals surface area contributed by atoms with Crippen LogP contribution in [0, 0.1) is 5.82 Å². The summed E-state index contributed by atoms with van der Waals surface area (Å²) in [5.74, 6) is -0.292. The van der Waals surface area contributed by atoms with Crippen LogP contribution < -0.4 is 0 Å². The van der Waals surface area contributed by atoms with E-state index in [1.807, 2.05) is 6.92 Å². The molecule has 1 nitrogen and oxygen atoms in total. The molecule has 0 saturated carbocycles. The Morgan fingerprint density at radius 3 is 2.36 bits per heavy atom. The molecule has 14 heavy (non-hydrogen) atoms. The van der Waals surface area contributed by atoms with Gasteiger partial charge in [0.05, 0.1) is 5.60 Å². The fourth-order valence-corrected chi connectivity index (χ4v) is 1.50. The van der Waals surface area contributed by atoms with Gasteiger partial charge in [-0.3, -0.25) is 0 Å². The quantitative estimate of drug-likeness (QED) is 0.733. The molecule has 1 aromatic carbocycles. The van der Waals surface area contributed by atoms with Gasteiger partial charge >= 0.3 is 0 Å². The summed E-state index contributed by atoms with van der Waals surface area (Å²) < 4.78 is 12.6. The molecule has 0 bridgehead atoms. The van der Waals surface area contributed by atoms with E-state index in [-0.39, 0.29) is 5.82 Å². The van der Waals surface area contributed by atoms with E-state index in [1.54, 1.807) is 19.1 Å². The van der Waals surface area contributed by atoms with Crippen molar-refractivity contribution >= 4 is 0 Å². The van der Waals surface area contributed by atoms with Crippen molar-refractivity contribution < 1.29 is 9.50 Å². The van der Waals surface area contributed by atoms with Crippen molar-refractivity contribution in [1.82, 2.24) is 0 Å². The average molecular weight is 194 g/mol. The lowest BCUT2D eigenvalue weighted by Gasteiger charge is -2.23. The van der Waals surface area contributed by atoms with E-state index in [0.29, 0.717) is 12.0 Å². The molecule has 0 aliphatic rings. The van der Waals surface area contributed by atoms with Gasteiger partial charge in [0.1, 0.15) is 5.82 Å². The summed E-state index contributed by atoms with van der Waals surface area (Å²) in [6.07, 6.45) is 0.485. The number of hydrogen-bond donors (Lipinski definition) is 1. The van der Waals surface area contributed by atoms with Crippen LogP contribution in [0.25, 0.3) is 0 Å². The molecule has 0 amide bonds. The highest BCUT2D eigenvalue weighted by atomic mass is 19.1. The largest absolute Gasteiger partial charge is 0.385 e. The first kappa shape index (κ1) is 10.9. The Morgan fingerprint density at radius 2 is 1.93 bits per heavy atom. The van der Waals surface area contributed by atoms with Crippen LogP contribution in [0.4, 0.5) is 4.39 Å². The highest BCUT2D eigenvalue weighted by Crippen LogP contribution is 2.27. The third kappa shape index (κ3) is 2.67. The minimum absolute atomic E-state index is 0.292. The summed E-state index contributed by atoms with van der Waals surface area (Å²) in [6, 6.07) is 5.89. The lowest BCUT2D eigenvalue weighted by atomic mass is 9.90. The third-order valence-corrected chi connectivity index (χ3v) is 2.11. The molecule has 0 fully saturated rings. The molecular weight excluding hydrogens is 179 g/mol. The summed E-state index contributed by atoms with van der Waals surface area (Å²) in [4.78, 5) is 0. The molecule has 1 aromatic rings. The molecule has 0 heterocycles. The minimum atomic E-state index is -0.959. The van der Waals surface area contributed by atoms with Crippen molar-refractivity contribution in [3.05, 3.63) is 47.8 Å². The van der Waals surface area contributed by atoms with Crippen LogP contribution in [0.1, 0.15) is 25.8 Å². The smallest absolute Gasteiger partial charge is 0.123 e. The van der Waals surface area contributed by atoms with Crippen molar-refractivity contribution in [2.75, 3.05) is 0 Å². The molecule has 1 rings (SSSR count). The Labute approximate surface area is 83.9 Å². The second-order valence-electron chi connectivity index (χ2n) is 3.91. The minimum Gasteiger partial charge on any atom is -0.385 e. The van der Waals surface area contributed by atoms with E-state index < -0.39 is 5.60 Å². The second-order valence-corrected chi connectivity index (χ2v) is 3.91. The van der Waals surface area contributed by atoms with Gasteiger partial charge in [0.15, 0.2) is 0 Å². The van der Waals surface area contributed by atoms with Crippen LogP contribution >= 0.6 is 0 Å². The van der Waals surface area contributed by atoms with Crippen molar-refractivity contribution in [3.8, 4) is 0 Å². The predicted octanol–water partition coefficient (Wildman–Crippen LogP) is 3.00. The first-order chi connectivity index (χ1) is 6.42. The van der Waals surface area contributed by atoms with Gasteiger partial charge in [0, 0.05) is 6.42 Å². The Kier molecular flexibility index (Phi) is 3.06. The topological polar surface area (TPSA) is 20.2 Å². The number of hydrogen-bond acceptors (Lipinski definition) is 1. The van der Waals surface area contributed by atoms with Crippen LogP contribution in [-0.2, 0) is 5.60 Å². The van der Waals surface area contributed by atoms with Gasteiger partial charge in [-0.05, 0) is 31.5 Å². The maximum Gasteiger partial charge on any atom is 0.123 e. The lowest BCUT2D eigenvalue weighted by Crippen LogP contribution is -2.21. The summed E-state index contributed by atoms with van der Waals surface area (Å²) in [7, 11) is 0. The molecule has 76 valence electrons. The monoisotopic (exact) mass is 194 g/mol. The van der Waals surface area contributed by atoms with E-state index in [4.69, 9.17) is 0 Å². The number of benzene rings is 1. The maximum absolute atomic E-state index is 12.6. The van der Waals surface area contributed by atoms with E-state index >= 15 is 0 Å². The summed E-state index contributed by atoms with van der Waals surface area (Å²) in [6.45, 7) is 7.31. The van der Waals surface area contributed by atoms with Gasteiger partial charge in [-0.2, -0.15) is 0 Å². The number of aliphatic hydroxyl groups is 1. The SMILES string of the molecule is C=C(C)CC(C)(O)c1ccc(F)cc1. The standard InChI is InChI=1S/C12H15FO/c1-9(2)8-12(3,14)10-4-6-11(13)7-5-10/h4-7,14H,1,8H2,2-3H3. The highest BCUT2D eigenvalue weighted by Gasteiger charge is 2.22. The van der Waals surface area contributed by atoms with Crippen molar-refractivity contribution in [3.63, 3.8) is 0 Å². The molecule has 1 atom stereocenters. The average Bonchev–Trinajstić information content (AvgIpc) is 2.02. The Morgan fingerprint density at radius 1 is 1.43 bits per heavy atom. The van der Waals surface area contributed by atoms with E-state index in [9.17, 15) is 9.50 Å². The van der Waals surface area contributed by atoms with Gasteiger partial charge in [-0.25, -0.2) is 4.39 Å². The van der Waals surface area contributed by atoms with Gasteiger partial charge in [0.2, 0.25) is 0 Å². The third-order valence-electron chi connectivity index (χ3n) is 2.11. The van der Waals surface area contributed by atoms with Crippen LogP contribution in [0.5, 0.6) is 0 Å². The summed E-state index contributed by atoms with van der Waals surface area (Å²) in [5.41, 5.74) is 0.653. The Hall–Kier alpha value is -1.15. The van der Waals surface area contributed by atoms with Crippen molar-refractivity contribution in [2.24, 2.45) is 0 Å². The molecule has 0 spiro atoms. The number of halogens is 1. The first-order valence-electron chi connectivity index (χ1n) is 4.54. The fraction of sp³-hybridized carbons (Fsp3) is 0.333. The zero-order valence-electron chi connectivity index (χ0n) is 8.55. The van der Waals surface area contributed by atoms with Gasteiger partial charge in [-0.1, -0.05) is 17.7 Å². The molecule has 0 radical (unpaired) electrons. The van der Waals surface area contributed by atoms with E-state index in [0.717, 1.165) is 5.57 Å². The Balaban J connectivity index is 2.91. The molecule has 1 unspecified atom stereocenters. The first-order valence-corrected chi connectivity index (χ1v) is 4.54. The van der Waals surface area contributed by atoms with Crippen LogP contribution in [-0.4, -0.2) is 5.11 Å². The lowest BCUT2D eigenvalue weighted by molar-refractivity contribution is 0.0577. The molecule has 2 heteroatoms. The molecule has 0 aliphatic heterocycles. The molecular formula is C12H15FO. The normalized spacial score (nSPS) is 14.9. The summed E-state index contributed by atoms with van der Waals surface area (Å²) >= 11 is 0. The van der Waals surface area contributed by atoms with Crippen molar-refractivity contribution in [1.29, 1.82) is 0 Å². The van der Waals surface area contributed by atoms with Crippen molar-refractivity contribution in [2.45, 2.75) is 25.9 Å². The predicted molar refractivity (Wildman–Crippen MR) is 55.4 cm³/mol. The highest BCUT2D eigenvalue weighted by molar-refractivity contribution is 5.23. The maximum atomic E-state index is 12.6. The van der Waals surface area contributed by atoms with Gasteiger partial charge in [0.25, 0.3) is 0 Å². The fourth-order valence-electron chi connectivity index (χ4n) is 1.50. The second kappa shape index (κ2) is 3.93. The van der Waals surface area contributed by atoms with Crippen LogP contribution in [0.3, 0.4) is 0 Å². The van der Waals surface area contributed by atoms with Crippen LogP contribution in [0.15, 0.2) is 36.4 Å². The Bertz CT molecular complexity index is 325. The zero-order chi connectivity index (χ0) is 10.8.